The van der Waals surface area contributed by atoms with Crippen LogP contribution in [-0.2, 0) is 0 Å². The zero-order valence-corrected chi connectivity index (χ0v) is 24.0. The molecule has 0 saturated carbocycles. The fraction of sp³-hybridized carbons (Fsp3) is 0.226. The van der Waals surface area contributed by atoms with Crippen LogP contribution >= 0.6 is 23.2 Å². The van der Waals surface area contributed by atoms with Crippen LogP contribution in [0.15, 0.2) is 72.8 Å². The van der Waals surface area contributed by atoms with E-state index >= 15 is 0 Å². The Hall–Kier alpha value is -3.94. The Bertz CT molecular complexity index is 1560. The molecule has 1 fully saturated rings. The van der Waals surface area contributed by atoms with Crippen LogP contribution in [0, 0.1) is 6.92 Å². The molecule has 2 heterocycles. The summed E-state index contributed by atoms with van der Waals surface area (Å²) in [4.78, 5) is 30.4. The minimum atomic E-state index is -0.132. The fourth-order valence-electron chi connectivity index (χ4n) is 4.97. The minimum absolute atomic E-state index is 0.0736. The number of piperazine rings is 1. The second-order valence-corrected chi connectivity index (χ2v) is 10.3. The lowest BCUT2D eigenvalue weighted by atomic mass is 10.1. The molecular formula is C31H29Cl2N3O4. The van der Waals surface area contributed by atoms with Crippen molar-refractivity contribution in [1.82, 2.24) is 14.4 Å². The van der Waals surface area contributed by atoms with Gasteiger partial charge in [-0.3, -0.25) is 9.59 Å². The van der Waals surface area contributed by atoms with Crippen LogP contribution in [0.3, 0.4) is 0 Å². The molecule has 0 spiro atoms. The van der Waals surface area contributed by atoms with Gasteiger partial charge in [-0.1, -0.05) is 29.3 Å². The molecule has 9 heteroatoms. The highest BCUT2D eigenvalue weighted by Crippen LogP contribution is 2.33. The first-order valence-electron chi connectivity index (χ1n) is 12.9. The molecule has 1 saturated heterocycles. The SMILES string of the molecule is COc1ccc(-c2cc(C(=O)N3CCN(C(=O)c4ccc(Cl)c(Cl)c4)CC3)c(C)n2-c2cccc(OC)c2)cc1. The molecule has 0 unspecified atom stereocenters. The number of halogens is 2. The second kappa shape index (κ2) is 11.7. The van der Waals surface area contributed by atoms with Crippen LogP contribution in [0.25, 0.3) is 16.9 Å². The van der Waals surface area contributed by atoms with Crippen molar-refractivity contribution in [2.75, 3.05) is 40.4 Å². The van der Waals surface area contributed by atoms with Crippen molar-refractivity contribution in [2.24, 2.45) is 0 Å². The van der Waals surface area contributed by atoms with Gasteiger partial charge in [0.05, 0.1) is 35.5 Å². The summed E-state index contributed by atoms with van der Waals surface area (Å²) in [6.07, 6.45) is 0. The summed E-state index contributed by atoms with van der Waals surface area (Å²) in [5.41, 5.74) is 4.62. The number of nitrogens with zero attached hydrogens (tertiary/aromatic N) is 3. The number of hydrogen-bond donors (Lipinski definition) is 0. The maximum Gasteiger partial charge on any atom is 0.255 e. The van der Waals surface area contributed by atoms with Gasteiger partial charge in [0, 0.05) is 49.2 Å². The normalized spacial score (nSPS) is 13.3. The van der Waals surface area contributed by atoms with Crippen LogP contribution in [0.2, 0.25) is 10.0 Å². The minimum Gasteiger partial charge on any atom is -0.497 e. The Morgan fingerprint density at radius 3 is 2.00 bits per heavy atom. The molecule has 4 aromatic rings. The molecule has 1 aromatic heterocycles. The molecule has 7 nitrogen and oxygen atoms in total. The van der Waals surface area contributed by atoms with E-state index in [1.807, 2.05) is 61.5 Å². The average molecular weight is 578 g/mol. The second-order valence-electron chi connectivity index (χ2n) is 9.51. The highest BCUT2D eigenvalue weighted by molar-refractivity contribution is 6.42. The van der Waals surface area contributed by atoms with Crippen LogP contribution in [-0.4, -0.2) is 66.6 Å². The van der Waals surface area contributed by atoms with Crippen LogP contribution in [0.4, 0.5) is 0 Å². The van der Waals surface area contributed by atoms with Crippen molar-refractivity contribution in [1.29, 1.82) is 0 Å². The summed E-state index contributed by atoms with van der Waals surface area (Å²) in [6.45, 7) is 3.64. The summed E-state index contributed by atoms with van der Waals surface area (Å²) in [7, 11) is 3.26. The number of carbonyl (C=O) groups excluding carboxylic acids is 2. The molecule has 0 radical (unpaired) electrons. The Balaban J connectivity index is 1.42. The largest absolute Gasteiger partial charge is 0.497 e. The highest BCUT2D eigenvalue weighted by atomic mass is 35.5. The molecule has 0 aliphatic carbocycles. The summed E-state index contributed by atoms with van der Waals surface area (Å²) >= 11 is 12.1. The Kier molecular flexibility index (Phi) is 8.05. The van der Waals surface area contributed by atoms with Gasteiger partial charge in [-0.2, -0.15) is 0 Å². The van der Waals surface area contributed by atoms with Gasteiger partial charge in [0.2, 0.25) is 0 Å². The van der Waals surface area contributed by atoms with Crippen molar-refractivity contribution in [3.05, 3.63) is 99.7 Å². The third-order valence-electron chi connectivity index (χ3n) is 7.20. The first-order chi connectivity index (χ1) is 19.3. The fourth-order valence-corrected chi connectivity index (χ4v) is 5.27. The summed E-state index contributed by atoms with van der Waals surface area (Å²) in [5, 5.41) is 0.740. The Labute approximate surface area is 243 Å². The summed E-state index contributed by atoms with van der Waals surface area (Å²) in [6, 6.07) is 22.3. The van der Waals surface area contributed by atoms with Crippen LogP contribution in [0.5, 0.6) is 11.5 Å². The summed E-state index contributed by atoms with van der Waals surface area (Å²) < 4.78 is 12.9. The number of aromatic nitrogens is 1. The van der Waals surface area contributed by atoms with Gasteiger partial charge in [0.15, 0.2) is 0 Å². The maximum atomic E-state index is 13.8. The first-order valence-corrected chi connectivity index (χ1v) is 13.6. The van der Waals surface area contributed by atoms with Gasteiger partial charge < -0.3 is 23.8 Å². The lowest BCUT2D eigenvalue weighted by Gasteiger charge is -2.35. The molecule has 40 heavy (non-hydrogen) atoms. The standard InChI is InChI=1S/C31H29Cl2N3O4/c1-20-26(31(38)35-15-13-34(14-16-35)30(37)22-9-12-27(32)28(33)17-22)19-29(21-7-10-24(39-2)11-8-21)36(20)23-5-4-6-25(18-23)40-3/h4-12,17-19H,13-16H2,1-3H3. The number of hydrogen-bond acceptors (Lipinski definition) is 4. The van der Waals surface area contributed by atoms with E-state index in [2.05, 4.69) is 4.57 Å². The van der Waals surface area contributed by atoms with Crippen molar-refractivity contribution >= 4 is 35.0 Å². The van der Waals surface area contributed by atoms with E-state index in [1.165, 1.54) is 0 Å². The van der Waals surface area contributed by atoms with E-state index in [4.69, 9.17) is 32.7 Å². The number of amides is 2. The first kappa shape index (κ1) is 27.6. The Morgan fingerprint density at radius 2 is 1.38 bits per heavy atom. The molecule has 0 atom stereocenters. The lowest BCUT2D eigenvalue weighted by molar-refractivity contribution is 0.0535. The number of benzene rings is 3. The van der Waals surface area contributed by atoms with Crippen molar-refractivity contribution in [3.8, 4) is 28.4 Å². The number of carbonyl (C=O) groups is 2. The molecule has 0 bridgehead atoms. The smallest absolute Gasteiger partial charge is 0.255 e. The molecule has 206 valence electrons. The van der Waals surface area contributed by atoms with E-state index in [0.29, 0.717) is 47.4 Å². The van der Waals surface area contributed by atoms with Gasteiger partial charge in [-0.05, 0) is 73.2 Å². The maximum absolute atomic E-state index is 13.8. The van der Waals surface area contributed by atoms with Gasteiger partial charge in [0.1, 0.15) is 11.5 Å². The zero-order chi connectivity index (χ0) is 28.4. The van der Waals surface area contributed by atoms with Gasteiger partial charge >= 0.3 is 0 Å². The lowest BCUT2D eigenvalue weighted by Crippen LogP contribution is -2.50. The van der Waals surface area contributed by atoms with Gasteiger partial charge in [-0.25, -0.2) is 0 Å². The third-order valence-corrected chi connectivity index (χ3v) is 7.93. The van der Waals surface area contributed by atoms with Gasteiger partial charge in [0.25, 0.3) is 11.8 Å². The highest BCUT2D eigenvalue weighted by Gasteiger charge is 2.29. The number of methoxy groups -OCH3 is 2. The quantitative estimate of drug-likeness (QED) is 0.267. The van der Waals surface area contributed by atoms with Crippen molar-refractivity contribution < 1.29 is 19.1 Å². The Morgan fingerprint density at radius 1 is 0.725 bits per heavy atom. The third kappa shape index (κ3) is 5.40. The molecule has 1 aliphatic heterocycles. The zero-order valence-electron chi connectivity index (χ0n) is 22.5. The molecule has 0 N–H and O–H groups in total. The monoisotopic (exact) mass is 577 g/mol. The molecule has 2 amide bonds. The molecule has 5 rings (SSSR count). The molecular weight excluding hydrogens is 549 g/mol. The van der Waals surface area contributed by atoms with E-state index < -0.39 is 0 Å². The average Bonchev–Trinajstić information content (AvgIpc) is 3.34. The number of rotatable bonds is 6. The molecule has 1 aliphatic rings. The topological polar surface area (TPSA) is 64.0 Å². The van der Waals surface area contributed by atoms with E-state index in [1.54, 1.807) is 42.2 Å². The number of ether oxygens (including phenoxy) is 2. The van der Waals surface area contributed by atoms with E-state index in [9.17, 15) is 9.59 Å². The van der Waals surface area contributed by atoms with Crippen molar-refractivity contribution in [3.63, 3.8) is 0 Å². The van der Waals surface area contributed by atoms with Crippen LogP contribution < -0.4 is 9.47 Å². The van der Waals surface area contributed by atoms with E-state index in [0.717, 1.165) is 34.1 Å². The van der Waals surface area contributed by atoms with E-state index in [-0.39, 0.29) is 11.8 Å². The van der Waals surface area contributed by atoms with Crippen LogP contribution in [0.1, 0.15) is 26.4 Å². The van der Waals surface area contributed by atoms with Gasteiger partial charge in [-0.15, -0.1) is 0 Å². The predicted molar refractivity (Wildman–Crippen MR) is 157 cm³/mol. The van der Waals surface area contributed by atoms with Crippen molar-refractivity contribution in [2.45, 2.75) is 6.92 Å². The predicted octanol–water partition coefficient (Wildman–Crippen LogP) is 6.37. The summed E-state index contributed by atoms with van der Waals surface area (Å²) in [5.74, 6) is 1.27. The molecule has 3 aromatic carbocycles.